The second-order valence-corrected chi connectivity index (χ2v) is 8.58. The topological polar surface area (TPSA) is 84.2 Å². The highest BCUT2D eigenvalue weighted by molar-refractivity contribution is 7.13. The van der Waals surface area contributed by atoms with Gasteiger partial charge in [0.25, 0.3) is 0 Å². The van der Waals surface area contributed by atoms with Crippen LogP contribution in [0.15, 0.2) is 48.1 Å². The summed E-state index contributed by atoms with van der Waals surface area (Å²) in [7, 11) is 0. The largest absolute Gasteiger partial charge is 0.339 e. The maximum atomic E-state index is 13.3. The minimum atomic E-state index is -0.486. The summed E-state index contributed by atoms with van der Waals surface area (Å²) in [5.74, 6) is -0.00944. The zero-order valence-corrected chi connectivity index (χ0v) is 18.4. The van der Waals surface area contributed by atoms with Crippen molar-refractivity contribution in [3.8, 4) is 10.4 Å². The van der Waals surface area contributed by atoms with Gasteiger partial charge in [-0.05, 0) is 39.4 Å². The molecule has 3 heterocycles. The Kier molecular flexibility index (Phi) is 6.71. The number of aryl methyl sites for hydroxylation is 1. The number of carbonyl (C=O) groups excluding carboxylic acids is 2. The van der Waals surface area contributed by atoms with Crippen molar-refractivity contribution in [2.24, 2.45) is 0 Å². The van der Waals surface area contributed by atoms with Gasteiger partial charge in [-0.2, -0.15) is 0 Å². The molecule has 1 fully saturated rings. The molecule has 1 atom stereocenters. The predicted octanol–water partition coefficient (Wildman–Crippen LogP) is 2.48. The normalized spacial score (nSPS) is 16.7. The van der Waals surface area contributed by atoms with Gasteiger partial charge >= 0.3 is 0 Å². The molecule has 162 valence electrons. The lowest BCUT2D eigenvalue weighted by atomic mass is 9.98. The zero-order valence-electron chi connectivity index (χ0n) is 17.6. The van der Waals surface area contributed by atoms with Crippen molar-refractivity contribution < 1.29 is 9.59 Å². The predicted molar refractivity (Wildman–Crippen MR) is 118 cm³/mol. The minimum Gasteiger partial charge on any atom is -0.339 e. The average Bonchev–Trinajstić information content (AvgIpc) is 3.50. The molecule has 0 aliphatic carbocycles. The van der Waals surface area contributed by atoms with Crippen LogP contribution in [0.5, 0.6) is 0 Å². The highest BCUT2D eigenvalue weighted by Crippen LogP contribution is 2.26. The summed E-state index contributed by atoms with van der Waals surface area (Å²) >= 11 is 1.69. The number of tetrazole rings is 1. The molecule has 2 aromatic heterocycles. The molecule has 3 aromatic rings. The second kappa shape index (κ2) is 9.82. The van der Waals surface area contributed by atoms with Crippen LogP contribution in [0.2, 0.25) is 0 Å². The van der Waals surface area contributed by atoms with Crippen LogP contribution in [0.25, 0.3) is 10.4 Å². The van der Waals surface area contributed by atoms with Crippen molar-refractivity contribution in [3.05, 3.63) is 53.7 Å². The SMILES string of the molecule is CCCN1CCN(C(=O)CCn2cnnn2)[C@H](Cc2cccc(-c3cccs3)c2)C1=O. The Bertz CT molecular complexity index is 1000. The molecular formula is C22H26N6O2S. The van der Waals surface area contributed by atoms with E-state index in [-0.39, 0.29) is 18.2 Å². The summed E-state index contributed by atoms with van der Waals surface area (Å²) in [5.41, 5.74) is 2.19. The lowest BCUT2D eigenvalue weighted by molar-refractivity contribution is -0.151. The number of benzene rings is 1. The van der Waals surface area contributed by atoms with E-state index in [4.69, 9.17) is 0 Å². The standard InChI is InChI=1S/C22H26N6O2S/c1-2-9-26-11-12-28(21(29)8-10-27-16-23-24-25-27)19(22(26)30)15-17-5-3-6-18(14-17)20-7-4-13-31-20/h3-7,13-14,16,19H,2,8-12,15H2,1H3/t19-/m1/s1. The monoisotopic (exact) mass is 438 g/mol. The van der Waals surface area contributed by atoms with Crippen LogP contribution in [0.4, 0.5) is 0 Å². The Morgan fingerprint density at radius 3 is 2.84 bits per heavy atom. The fourth-order valence-electron chi connectivity index (χ4n) is 3.98. The van der Waals surface area contributed by atoms with Gasteiger partial charge in [-0.25, -0.2) is 4.68 Å². The number of aromatic nitrogens is 4. The fourth-order valence-corrected chi connectivity index (χ4v) is 4.70. The Hall–Kier alpha value is -3.07. The summed E-state index contributed by atoms with van der Waals surface area (Å²) in [6, 6.07) is 11.9. The van der Waals surface area contributed by atoms with Gasteiger partial charge in [-0.15, -0.1) is 16.4 Å². The molecule has 0 radical (unpaired) electrons. The number of thiophene rings is 1. The van der Waals surface area contributed by atoms with Crippen molar-refractivity contribution in [1.29, 1.82) is 0 Å². The highest BCUT2D eigenvalue weighted by Gasteiger charge is 2.36. The molecule has 0 N–H and O–H groups in total. The van der Waals surface area contributed by atoms with E-state index in [0.29, 0.717) is 26.1 Å². The first-order chi connectivity index (χ1) is 15.2. The fraction of sp³-hybridized carbons (Fsp3) is 0.409. The molecule has 1 saturated heterocycles. The van der Waals surface area contributed by atoms with Gasteiger partial charge in [0.1, 0.15) is 12.4 Å². The van der Waals surface area contributed by atoms with Crippen LogP contribution in [-0.2, 0) is 22.6 Å². The number of hydrogen-bond donors (Lipinski definition) is 0. The van der Waals surface area contributed by atoms with Crippen LogP contribution in [0.1, 0.15) is 25.3 Å². The Morgan fingerprint density at radius 1 is 1.19 bits per heavy atom. The third kappa shape index (κ3) is 4.99. The summed E-state index contributed by atoms with van der Waals surface area (Å²) in [6.07, 6.45) is 3.16. The van der Waals surface area contributed by atoms with Gasteiger partial charge in [0.15, 0.2) is 0 Å². The zero-order chi connectivity index (χ0) is 21.6. The Labute approximate surface area is 185 Å². The second-order valence-electron chi connectivity index (χ2n) is 7.63. The van der Waals surface area contributed by atoms with Crippen molar-refractivity contribution >= 4 is 23.2 Å². The number of nitrogens with zero attached hydrogens (tertiary/aromatic N) is 6. The van der Waals surface area contributed by atoms with Crippen LogP contribution in [-0.4, -0.2) is 67.5 Å². The molecule has 4 rings (SSSR count). The van der Waals surface area contributed by atoms with Crippen LogP contribution >= 0.6 is 11.3 Å². The number of carbonyl (C=O) groups is 2. The lowest BCUT2D eigenvalue weighted by Gasteiger charge is -2.41. The Morgan fingerprint density at radius 2 is 2.10 bits per heavy atom. The number of rotatable bonds is 8. The third-order valence-electron chi connectivity index (χ3n) is 5.51. The maximum absolute atomic E-state index is 13.3. The maximum Gasteiger partial charge on any atom is 0.245 e. The van der Waals surface area contributed by atoms with Gasteiger partial charge in [0.05, 0.1) is 6.54 Å². The van der Waals surface area contributed by atoms with E-state index in [1.807, 2.05) is 23.1 Å². The molecule has 2 amide bonds. The van der Waals surface area contributed by atoms with E-state index >= 15 is 0 Å². The molecule has 8 nitrogen and oxygen atoms in total. The van der Waals surface area contributed by atoms with E-state index in [1.54, 1.807) is 16.2 Å². The smallest absolute Gasteiger partial charge is 0.245 e. The molecule has 31 heavy (non-hydrogen) atoms. The third-order valence-corrected chi connectivity index (χ3v) is 6.42. The van der Waals surface area contributed by atoms with Crippen LogP contribution < -0.4 is 0 Å². The molecular weight excluding hydrogens is 412 g/mol. The van der Waals surface area contributed by atoms with Crippen LogP contribution in [0.3, 0.4) is 0 Å². The first kappa shape index (κ1) is 21.2. The first-order valence-corrected chi connectivity index (χ1v) is 11.5. The van der Waals surface area contributed by atoms with Crippen molar-refractivity contribution in [1.82, 2.24) is 30.0 Å². The van der Waals surface area contributed by atoms with Gasteiger partial charge < -0.3 is 9.80 Å². The van der Waals surface area contributed by atoms with Crippen molar-refractivity contribution in [3.63, 3.8) is 0 Å². The first-order valence-electron chi connectivity index (χ1n) is 10.6. The summed E-state index contributed by atoms with van der Waals surface area (Å²) in [4.78, 5) is 31.1. The van der Waals surface area contributed by atoms with Gasteiger partial charge in [0, 0.05) is 37.4 Å². The molecule has 0 unspecified atom stereocenters. The van der Waals surface area contributed by atoms with E-state index in [0.717, 1.165) is 24.1 Å². The summed E-state index contributed by atoms with van der Waals surface area (Å²) in [6.45, 7) is 4.31. The van der Waals surface area contributed by atoms with Gasteiger partial charge in [-0.3, -0.25) is 9.59 Å². The van der Waals surface area contributed by atoms with Crippen LogP contribution in [0, 0.1) is 0 Å². The number of piperazine rings is 1. The van der Waals surface area contributed by atoms with Crippen molar-refractivity contribution in [2.75, 3.05) is 19.6 Å². The Balaban J connectivity index is 1.53. The van der Waals surface area contributed by atoms with Gasteiger partial charge in [0.2, 0.25) is 11.8 Å². The van der Waals surface area contributed by atoms with E-state index in [2.05, 4.69) is 46.0 Å². The lowest BCUT2D eigenvalue weighted by Crippen LogP contribution is -2.59. The molecule has 0 bridgehead atoms. The minimum absolute atomic E-state index is 0.0328. The molecule has 0 spiro atoms. The molecule has 1 aliphatic heterocycles. The average molecular weight is 439 g/mol. The molecule has 9 heteroatoms. The van der Waals surface area contributed by atoms with E-state index < -0.39 is 6.04 Å². The quantitative estimate of drug-likeness (QED) is 0.540. The number of hydrogen-bond acceptors (Lipinski definition) is 6. The summed E-state index contributed by atoms with van der Waals surface area (Å²) < 4.78 is 1.53. The van der Waals surface area contributed by atoms with Gasteiger partial charge in [-0.1, -0.05) is 37.3 Å². The molecule has 0 saturated carbocycles. The highest BCUT2D eigenvalue weighted by atomic mass is 32.1. The number of amides is 2. The van der Waals surface area contributed by atoms with E-state index in [9.17, 15) is 9.59 Å². The summed E-state index contributed by atoms with van der Waals surface area (Å²) in [5, 5.41) is 13.1. The van der Waals surface area contributed by atoms with Crippen molar-refractivity contribution in [2.45, 2.75) is 38.8 Å². The molecule has 1 aliphatic rings. The molecule has 1 aromatic carbocycles. The van der Waals surface area contributed by atoms with E-state index in [1.165, 1.54) is 15.9 Å².